The molecule has 0 aliphatic heterocycles. The van der Waals surface area contributed by atoms with Gasteiger partial charge in [0.1, 0.15) is 5.92 Å². The molecular formula is C13H25NO4S. The summed E-state index contributed by atoms with van der Waals surface area (Å²) in [5.41, 5.74) is -0.523. The van der Waals surface area contributed by atoms with Crippen molar-refractivity contribution in [2.24, 2.45) is 11.3 Å². The number of hydrogen-bond acceptors (Lipinski definition) is 4. The Morgan fingerprint density at radius 1 is 1.32 bits per heavy atom. The van der Waals surface area contributed by atoms with Gasteiger partial charge in [0.05, 0.1) is 6.61 Å². The lowest BCUT2D eigenvalue weighted by Crippen LogP contribution is -2.45. The largest absolute Gasteiger partial charge is 0.465 e. The lowest BCUT2D eigenvalue weighted by molar-refractivity contribution is -0.156. The molecule has 0 saturated carbocycles. The Morgan fingerprint density at radius 2 is 1.84 bits per heavy atom. The number of carbonyl (C=O) groups is 2. The van der Waals surface area contributed by atoms with Crippen LogP contribution in [0.2, 0.25) is 0 Å². The van der Waals surface area contributed by atoms with E-state index >= 15 is 0 Å². The normalized spacial score (nSPS) is 16.3. The van der Waals surface area contributed by atoms with E-state index in [2.05, 4.69) is 5.32 Å². The number of nitrogens with one attached hydrogen (secondary N) is 1. The first-order chi connectivity index (χ1) is 8.61. The molecule has 6 heteroatoms. The molecule has 0 bridgehead atoms. The van der Waals surface area contributed by atoms with E-state index in [4.69, 9.17) is 4.74 Å². The van der Waals surface area contributed by atoms with Gasteiger partial charge in [0.2, 0.25) is 5.91 Å². The van der Waals surface area contributed by atoms with Crippen LogP contribution < -0.4 is 5.32 Å². The molecule has 5 nitrogen and oxygen atoms in total. The Labute approximate surface area is 117 Å². The molecule has 3 unspecified atom stereocenters. The van der Waals surface area contributed by atoms with Gasteiger partial charge in [0.15, 0.2) is 0 Å². The lowest BCUT2D eigenvalue weighted by Gasteiger charge is -2.28. The number of rotatable bonds is 6. The molecule has 0 heterocycles. The van der Waals surface area contributed by atoms with Crippen molar-refractivity contribution < 1.29 is 18.5 Å². The van der Waals surface area contributed by atoms with Crippen LogP contribution in [0.5, 0.6) is 0 Å². The molecular weight excluding hydrogens is 266 g/mol. The summed E-state index contributed by atoms with van der Waals surface area (Å²) >= 11 is 0. The molecule has 0 saturated heterocycles. The minimum Gasteiger partial charge on any atom is -0.465 e. The molecule has 0 radical (unpaired) electrons. The van der Waals surface area contributed by atoms with E-state index in [-0.39, 0.29) is 24.3 Å². The first-order valence-corrected chi connectivity index (χ1v) is 8.00. The van der Waals surface area contributed by atoms with Gasteiger partial charge in [-0.05, 0) is 19.3 Å². The standard InChI is InChI=1S/C13H25NO4S/c1-7-18-12(16)10(13(3,4)5)11(15)14-8-9(2)19(6)17/h9-10H,7-8H2,1-6H3,(H,14,15). The molecule has 1 amide bonds. The maximum absolute atomic E-state index is 12.1. The van der Waals surface area contributed by atoms with Crippen LogP contribution in [0.3, 0.4) is 0 Å². The van der Waals surface area contributed by atoms with E-state index in [1.807, 2.05) is 20.8 Å². The highest BCUT2D eigenvalue weighted by Gasteiger charge is 2.38. The maximum atomic E-state index is 12.1. The third kappa shape index (κ3) is 6.18. The van der Waals surface area contributed by atoms with Crippen LogP contribution in [0.15, 0.2) is 0 Å². The van der Waals surface area contributed by atoms with Gasteiger partial charge in [0, 0.05) is 28.9 Å². The van der Waals surface area contributed by atoms with Crippen LogP contribution in [0.4, 0.5) is 0 Å². The minimum absolute atomic E-state index is 0.147. The summed E-state index contributed by atoms with van der Waals surface area (Å²) in [6.45, 7) is 9.47. The van der Waals surface area contributed by atoms with Crippen molar-refractivity contribution in [2.45, 2.75) is 39.9 Å². The molecule has 0 aliphatic rings. The molecule has 0 aliphatic carbocycles. The van der Waals surface area contributed by atoms with Gasteiger partial charge in [-0.1, -0.05) is 20.8 Å². The van der Waals surface area contributed by atoms with E-state index in [0.717, 1.165) is 0 Å². The zero-order valence-corrected chi connectivity index (χ0v) is 13.4. The monoisotopic (exact) mass is 291 g/mol. The van der Waals surface area contributed by atoms with Crippen molar-refractivity contribution in [3.05, 3.63) is 0 Å². The fourth-order valence-corrected chi connectivity index (χ4v) is 1.86. The Hall–Kier alpha value is -0.910. The molecule has 3 atom stereocenters. The molecule has 0 fully saturated rings. The van der Waals surface area contributed by atoms with Crippen molar-refractivity contribution in [3.8, 4) is 0 Å². The smallest absolute Gasteiger partial charge is 0.319 e. The number of carbonyl (C=O) groups excluding carboxylic acids is 2. The highest BCUT2D eigenvalue weighted by Crippen LogP contribution is 2.27. The summed E-state index contributed by atoms with van der Waals surface area (Å²) in [7, 11) is -1.01. The zero-order chi connectivity index (χ0) is 15.2. The van der Waals surface area contributed by atoms with E-state index in [9.17, 15) is 13.8 Å². The number of amides is 1. The SMILES string of the molecule is CCOC(=O)C(C(=O)NCC(C)S(C)=O)C(C)(C)C. The summed E-state index contributed by atoms with van der Waals surface area (Å²) in [5, 5.41) is 2.53. The lowest BCUT2D eigenvalue weighted by atomic mass is 9.80. The Balaban J connectivity index is 4.75. The van der Waals surface area contributed by atoms with Crippen LogP contribution in [-0.2, 0) is 25.1 Å². The minimum atomic E-state index is -1.01. The quantitative estimate of drug-likeness (QED) is 0.587. The average Bonchev–Trinajstić information content (AvgIpc) is 2.24. The Bertz CT molecular complexity index is 349. The van der Waals surface area contributed by atoms with Gasteiger partial charge in [0.25, 0.3) is 0 Å². The van der Waals surface area contributed by atoms with Gasteiger partial charge in [-0.15, -0.1) is 0 Å². The highest BCUT2D eigenvalue weighted by molar-refractivity contribution is 7.84. The molecule has 0 aromatic carbocycles. The summed E-state index contributed by atoms with van der Waals surface area (Å²) < 4.78 is 16.2. The number of hydrogen-bond donors (Lipinski definition) is 1. The van der Waals surface area contributed by atoms with Crippen molar-refractivity contribution >= 4 is 22.7 Å². The van der Waals surface area contributed by atoms with Gasteiger partial charge in [-0.2, -0.15) is 0 Å². The summed E-state index contributed by atoms with van der Waals surface area (Å²) in [4.78, 5) is 24.0. The maximum Gasteiger partial charge on any atom is 0.319 e. The van der Waals surface area contributed by atoms with Crippen LogP contribution in [0, 0.1) is 11.3 Å². The van der Waals surface area contributed by atoms with E-state index in [1.54, 1.807) is 20.1 Å². The third-order valence-corrected chi connectivity index (χ3v) is 4.08. The van der Waals surface area contributed by atoms with E-state index in [0.29, 0.717) is 0 Å². The second-order valence-corrected chi connectivity index (χ2v) is 7.41. The summed E-state index contributed by atoms with van der Waals surface area (Å²) in [6.07, 6.45) is 1.59. The predicted molar refractivity (Wildman–Crippen MR) is 76.1 cm³/mol. The van der Waals surface area contributed by atoms with Crippen LogP contribution in [-0.4, -0.2) is 40.7 Å². The molecule has 1 N–H and O–H groups in total. The second kappa shape index (κ2) is 7.62. The highest BCUT2D eigenvalue weighted by atomic mass is 32.2. The molecule has 0 rings (SSSR count). The van der Waals surface area contributed by atoms with Gasteiger partial charge < -0.3 is 10.1 Å². The van der Waals surface area contributed by atoms with E-state index < -0.39 is 28.1 Å². The molecule has 0 aromatic rings. The number of ether oxygens (including phenoxy) is 1. The van der Waals surface area contributed by atoms with Crippen LogP contribution in [0.1, 0.15) is 34.6 Å². The third-order valence-electron chi connectivity index (χ3n) is 2.78. The molecule has 112 valence electrons. The number of esters is 1. The Kier molecular flexibility index (Phi) is 7.26. The fraction of sp³-hybridized carbons (Fsp3) is 0.846. The van der Waals surface area contributed by atoms with Gasteiger partial charge >= 0.3 is 5.97 Å². The van der Waals surface area contributed by atoms with Gasteiger partial charge in [-0.25, -0.2) is 0 Å². The van der Waals surface area contributed by atoms with Crippen molar-refractivity contribution in [3.63, 3.8) is 0 Å². The summed E-state index contributed by atoms with van der Waals surface area (Å²) in [6, 6.07) is 0. The zero-order valence-electron chi connectivity index (χ0n) is 12.6. The molecule has 19 heavy (non-hydrogen) atoms. The fourth-order valence-electron chi connectivity index (χ4n) is 1.54. The van der Waals surface area contributed by atoms with Crippen molar-refractivity contribution in [1.82, 2.24) is 5.32 Å². The summed E-state index contributed by atoms with van der Waals surface area (Å²) in [5.74, 6) is -1.74. The van der Waals surface area contributed by atoms with Crippen LogP contribution >= 0.6 is 0 Å². The van der Waals surface area contributed by atoms with Crippen LogP contribution in [0.25, 0.3) is 0 Å². The molecule has 0 aromatic heterocycles. The van der Waals surface area contributed by atoms with Crippen molar-refractivity contribution in [2.75, 3.05) is 19.4 Å². The Morgan fingerprint density at radius 3 is 2.21 bits per heavy atom. The van der Waals surface area contributed by atoms with Gasteiger partial charge in [-0.3, -0.25) is 13.8 Å². The van der Waals surface area contributed by atoms with Crippen molar-refractivity contribution in [1.29, 1.82) is 0 Å². The topological polar surface area (TPSA) is 72.5 Å². The molecule has 0 spiro atoms. The van der Waals surface area contributed by atoms with E-state index in [1.165, 1.54) is 0 Å². The first kappa shape index (κ1) is 18.1. The second-order valence-electron chi connectivity index (χ2n) is 5.61. The predicted octanol–water partition coefficient (Wildman–Crippen LogP) is 1.09. The average molecular weight is 291 g/mol. The first-order valence-electron chi connectivity index (χ1n) is 6.37.